The molecule has 64 heavy (non-hydrogen) atoms. The Morgan fingerprint density at radius 3 is 1.33 bits per heavy atom. The lowest BCUT2D eigenvalue weighted by molar-refractivity contribution is -0.359. The molecule has 2 aliphatic heterocycles. The number of amides is 1. The van der Waals surface area contributed by atoms with Crippen molar-refractivity contribution in [2.75, 3.05) is 19.8 Å². The molecule has 0 spiro atoms. The van der Waals surface area contributed by atoms with Crippen molar-refractivity contribution >= 4 is 5.91 Å². The molecule has 0 bridgehead atoms. The first-order valence-corrected chi connectivity index (χ1v) is 26.3. The molecule has 12 atom stereocenters. The molecule has 2 aliphatic rings. The maximum atomic E-state index is 13.0. The van der Waals surface area contributed by atoms with Crippen molar-refractivity contribution in [2.45, 2.75) is 293 Å². The third-order valence-electron chi connectivity index (χ3n) is 13.3. The lowest BCUT2D eigenvalue weighted by atomic mass is 9.97. The number of unbranched alkanes of at least 4 members (excludes halogenated alkanes) is 28. The zero-order valence-electron chi connectivity index (χ0n) is 40.3. The third-order valence-corrected chi connectivity index (χ3v) is 13.3. The first-order valence-electron chi connectivity index (χ1n) is 26.3. The molecule has 0 radical (unpaired) electrons. The largest absolute Gasteiger partial charge is 0.394 e. The zero-order chi connectivity index (χ0) is 46.8. The number of aliphatic hydroxyl groups is 8. The van der Waals surface area contributed by atoms with Gasteiger partial charge in [0.15, 0.2) is 12.6 Å². The maximum Gasteiger partial charge on any atom is 0.220 e. The van der Waals surface area contributed by atoms with Crippen LogP contribution in [-0.4, -0.2) is 140 Å². The average Bonchev–Trinajstić information content (AvgIpc) is 3.29. The van der Waals surface area contributed by atoms with Crippen molar-refractivity contribution in [3.8, 4) is 0 Å². The highest BCUT2D eigenvalue weighted by atomic mass is 16.7. The number of hydrogen-bond donors (Lipinski definition) is 9. The van der Waals surface area contributed by atoms with Gasteiger partial charge in [-0.25, -0.2) is 0 Å². The Hall–Kier alpha value is -1.01. The van der Waals surface area contributed by atoms with Gasteiger partial charge in [-0.15, -0.1) is 0 Å². The molecule has 380 valence electrons. The molecular weight excluding hydrogens is 823 g/mol. The summed E-state index contributed by atoms with van der Waals surface area (Å²) in [6.45, 7) is 2.69. The Balaban J connectivity index is 1.56. The topological polar surface area (TPSA) is 228 Å². The van der Waals surface area contributed by atoms with Crippen molar-refractivity contribution in [3.63, 3.8) is 0 Å². The summed E-state index contributed by atoms with van der Waals surface area (Å²) >= 11 is 0. The summed E-state index contributed by atoms with van der Waals surface area (Å²) in [6.07, 6.45) is 22.4. The number of nitrogens with one attached hydrogen (secondary N) is 1. The molecule has 12 unspecified atom stereocenters. The summed E-state index contributed by atoms with van der Waals surface area (Å²) < 4.78 is 22.5. The maximum absolute atomic E-state index is 13.0. The summed E-state index contributed by atoms with van der Waals surface area (Å²) in [5, 5.41) is 86.0. The van der Waals surface area contributed by atoms with Crippen LogP contribution in [0.1, 0.15) is 219 Å². The van der Waals surface area contributed by atoms with Crippen molar-refractivity contribution in [1.29, 1.82) is 0 Å². The van der Waals surface area contributed by atoms with Gasteiger partial charge in [-0.1, -0.05) is 200 Å². The van der Waals surface area contributed by atoms with Gasteiger partial charge in [0.2, 0.25) is 5.91 Å². The number of hydrogen-bond acceptors (Lipinski definition) is 13. The van der Waals surface area contributed by atoms with Crippen LogP contribution in [-0.2, 0) is 23.7 Å². The smallest absolute Gasteiger partial charge is 0.220 e. The van der Waals surface area contributed by atoms with E-state index in [9.17, 15) is 45.6 Å². The Labute approximate surface area is 387 Å². The molecule has 9 N–H and O–H groups in total. The number of ether oxygens (including phenoxy) is 4. The minimum atomic E-state index is -1.78. The number of rotatable bonds is 41. The van der Waals surface area contributed by atoms with Crippen LogP contribution in [0.4, 0.5) is 0 Å². The van der Waals surface area contributed by atoms with Crippen molar-refractivity contribution in [3.05, 3.63) is 0 Å². The van der Waals surface area contributed by atoms with E-state index in [1.165, 1.54) is 148 Å². The quantitative estimate of drug-likeness (QED) is 0.0282. The second-order valence-electron chi connectivity index (χ2n) is 19.0. The highest BCUT2D eigenvalue weighted by molar-refractivity contribution is 5.76. The van der Waals surface area contributed by atoms with E-state index >= 15 is 0 Å². The second kappa shape index (κ2) is 37.9. The van der Waals surface area contributed by atoms with Gasteiger partial charge in [-0.05, 0) is 12.8 Å². The first kappa shape index (κ1) is 59.1. The van der Waals surface area contributed by atoms with E-state index in [-0.39, 0.29) is 12.5 Å². The van der Waals surface area contributed by atoms with Gasteiger partial charge >= 0.3 is 0 Å². The molecule has 1 amide bonds. The van der Waals surface area contributed by atoms with Gasteiger partial charge in [0.25, 0.3) is 0 Å². The van der Waals surface area contributed by atoms with E-state index in [0.29, 0.717) is 12.8 Å². The minimum absolute atomic E-state index is 0.214. The molecule has 14 nitrogen and oxygen atoms in total. The fourth-order valence-electron chi connectivity index (χ4n) is 9.00. The molecule has 2 rings (SSSR count). The van der Waals surface area contributed by atoms with Crippen LogP contribution in [0.25, 0.3) is 0 Å². The fraction of sp³-hybridized carbons (Fsp3) is 0.980. The molecular formula is C50H97NO13. The summed E-state index contributed by atoms with van der Waals surface area (Å²) in [4.78, 5) is 13.0. The van der Waals surface area contributed by atoms with E-state index in [4.69, 9.17) is 18.9 Å². The Morgan fingerprint density at radius 2 is 0.891 bits per heavy atom. The molecule has 0 aromatic heterocycles. The van der Waals surface area contributed by atoms with Crippen LogP contribution in [0.2, 0.25) is 0 Å². The number of carbonyl (C=O) groups excluding carboxylic acids is 1. The second-order valence-corrected chi connectivity index (χ2v) is 19.0. The van der Waals surface area contributed by atoms with Gasteiger partial charge in [0, 0.05) is 6.42 Å². The predicted molar refractivity (Wildman–Crippen MR) is 249 cm³/mol. The molecule has 2 heterocycles. The Bertz CT molecular complexity index is 1090. The van der Waals surface area contributed by atoms with Gasteiger partial charge < -0.3 is 65.1 Å². The highest BCUT2D eigenvalue weighted by Gasteiger charge is 2.51. The molecule has 2 fully saturated rings. The van der Waals surface area contributed by atoms with Crippen molar-refractivity contribution < 1.29 is 64.6 Å². The predicted octanol–water partition coefficient (Wildman–Crippen LogP) is 7.00. The SMILES string of the molecule is CCCCCCCCCCCCCCCCCCCCCCCCCCCCCC(=O)NC(COC1OC(CO)C(OC2OC(CO)C(O)C(O)C2O)C(O)C1O)C(O)CCCCC. The number of carbonyl (C=O) groups is 1. The van der Waals surface area contributed by atoms with E-state index in [1.54, 1.807) is 0 Å². The fourth-order valence-corrected chi connectivity index (χ4v) is 9.00. The molecule has 0 aliphatic carbocycles. The summed E-state index contributed by atoms with van der Waals surface area (Å²) in [6, 6.07) is -0.818. The zero-order valence-corrected chi connectivity index (χ0v) is 40.3. The lowest BCUT2D eigenvalue weighted by Crippen LogP contribution is -2.65. The highest BCUT2D eigenvalue weighted by Crippen LogP contribution is 2.30. The van der Waals surface area contributed by atoms with Gasteiger partial charge in [0.1, 0.15) is 48.8 Å². The molecule has 0 aromatic rings. The van der Waals surface area contributed by atoms with Gasteiger partial charge in [-0.2, -0.15) is 0 Å². The molecule has 2 saturated heterocycles. The molecule has 14 heteroatoms. The monoisotopic (exact) mass is 920 g/mol. The van der Waals surface area contributed by atoms with Gasteiger partial charge in [0.05, 0.1) is 32.0 Å². The lowest BCUT2D eigenvalue weighted by Gasteiger charge is -2.46. The van der Waals surface area contributed by atoms with Crippen LogP contribution in [0.3, 0.4) is 0 Å². The van der Waals surface area contributed by atoms with Crippen LogP contribution in [0, 0.1) is 0 Å². The van der Waals surface area contributed by atoms with Crippen molar-refractivity contribution in [2.24, 2.45) is 0 Å². The van der Waals surface area contributed by atoms with Crippen LogP contribution in [0.5, 0.6) is 0 Å². The Kier molecular flexibility index (Phi) is 35.0. The van der Waals surface area contributed by atoms with E-state index < -0.39 is 86.8 Å². The molecule has 0 aromatic carbocycles. The average molecular weight is 920 g/mol. The minimum Gasteiger partial charge on any atom is -0.394 e. The summed E-state index contributed by atoms with van der Waals surface area (Å²) in [7, 11) is 0. The van der Waals surface area contributed by atoms with Crippen LogP contribution >= 0.6 is 0 Å². The van der Waals surface area contributed by atoms with E-state index in [2.05, 4.69) is 19.2 Å². The third kappa shape index (κ3) is 24.8. The molecule has 0 saturated carbocycles. The van der Waals surface area contributed by atoms with Crippen LogP contribution in [0.15, 0.2) is 0 Å². The first-order chi connectivity index (χ1) is 31.1. The van der Waals surface area contributed by atoms with Crippen LogP contribution < -0.4 is 5.32 Å². The van der Waals surface area contributed by atoms with Gasteiger partial charge in [-0.3, -0.25) is 4.79 Å². The summed E-state index contributed by atoms with van der Waals surface area (Å²) in [5.74, 6) is -0.214. The van der Waals surface area contributed by atoms with E-state index in [1.807, 2.05) is 0 Å². The Morgan fingerprint density at radius 1 is 0.500 bits per heavy atom. The standard InChI is InChI=1S/C50H97NO13/c1-3-5-7-8-9-10-11-12-13-14-15-16-17-18-19-20-21-22-23-24-25-26-27-28-29-30-32-34-42(55)51-38(39(54)33-31-6-4-2)37-61-49-47(60)45(58)48(41(36-53)63-49)64-50-46(59)44(57)43(56)40(35-52)62-50/h38-41,43-50,52-54,56-60H,3-37H2,1-2H3,(H,51,55). The van der Waals surface area contributed by atoms with Crippen molar-refractivity contribution in [1.82, 2.24) is 5.32 Å². The normalized spacial score (nSPS) is 27.2. The van der Waals surface area contributed by atoms with E-state index in [0.717, 1.165) is 44.9 Å². The summed E-state index contributed by atoms with van der Waals surface area (Å²) in [5.41, 5.74) is 0. The number of aliphatic hydroxyl groups excluding tert-OH is 8.